The van der Waals surface area contributed by atoms with Crippen molar-refractivity contribution in [2.45, 2.75) is 56.0 Å². The Kier molecular flexibility index (Phi) is 4.91. The van der Waals surface area contributed by atoms with Gasteiger partial charge in [-0.05, 0) is 51.0 Å². The van der Waals surface area contributed by atoms with Crippen molar-refractivity contribution in [1.82, 2.24) is 4.72 Å². The summed E-state index contributed by atoms with van der Waals surface area (Å²) < 4.78 is 26.7. The van der Waals surface area contributed by atoms with E-state index in [0.29, 0.717) is 0 Å². The monoisotopic (exact) mass is 312 g/mol. The first-order chi connectivity index (χ1) is 9.87. The molecule has 0 radical (unpaired) electrons. The number of hydrogen-bond acceptors (Lipinski definition) is 4. The second-order valence-corrected chi connectivity index (χ2v) is 7.78. The van der Waals surface area contributed by atoms with Gasteiger partial charge >= 0.3 is 0 Å². The Hall–Kier alpha value is -1.11. The number of anilines is 1. The quantitative estimate of drug-likeness (QED) is 0.751. The maximum absolute atomic E-state index is 12.0. The first kappa shape index (κ1) is 16.3. The van der Waals surface area contributed by atoms with Crippen LogP contribution < -0.4 is 10.0 Å². The summed E-state index contributed by atoms with van der Waals surface area (Å²) in [6.45, 7) is 3.68. The SMILES string of the molecule is CC(C)NS(=O)(=O)c1ccc(NC2(CO)CCCC2)cc1. The molecule has 1 fully saturated rings. The van der Waals surface area contributed by atoms with Gasteiger partial charge in [-0.15, -0.1) is 0 Å². The van der Waals surface area contributed by atoms with Gasteiger partial charge in [0.1, 0.15) is 0 Å². The van der Waals surface area contributed by atoms with Crippen LogP contribution in [0.1, 0.15) is 39.5 Å². The van der Waals surface area contributed by atoms with E-state index in [1.54, 1.807) is 38.1 Å². The van der Waals surface area contributed by atoms with Crippen LogP contribution in [0.15, 0.2) is 29.2 Å². The van der Waals surface area contributed by atoms with Crippen LogP contribution in [0.4, 0.5) is 5.69 Å². The van der Waals surface area contributed by atoms with Crippen LogP contribution in [0.25, 0.3) is 0 Å². The summed E-state index contributed by atoms with van der Waals surface area (Å²) in [7, 11) is -3.45. The Bertz CT molecular complexity index is 561. The van der Waals surface area contributed by atoms with Crippen molar-refractivity contribution in [3.05, 3.63) is 24.3 Å². The third kappa shape index (κ3) is 3.96. The molecule has 6 heteroatoms. The van der Waals surface area contributed by atoms with E-state index in [1.807, 2.05) is 0 Å². The summed E-state index contributed by atoms with van der Waals surface area (Å²) in [6.07, 6.45) is 4.10. The molecule has 1 aromatic carbocycles. The highest BCUT2D eigenvalue weighted by molar-refractivity contribution is 7.89. The van der Waals surface area contributed by atoms with E-state index in [1.165, 1.54) is 0 Å². The molecule has 1 aliphatic carbocycles. The first-order valence-corrected chi connectivity index (χ1v) is 8.87. The molecule has 0 aliphatic heterocycles. The van der Waals surface area contributed by atoms with Crippen molar-refractivity contribution < 1.29 is 13.5 Å². The summed E-state index contributed by atoms with van der Waals surface area (Å²) >= 11 is 0. The Morgan fingerprint density at radius 3 is 2.24 bits per heavy atom. The van der Waals surface area contributed by atoms with Crippen LogP contribution >= 0.6 is 0 Å². The Morgan fingerprint density at radius 2 is 1.76 bits per heavy atom. The minimum Gasteiger partial charge on any atom is -0.394 e. The lowest BCUT2D eigenvalue weighted by molar-refractivity contribution is 0.214. The topological polar surface area (TPSA) is 78.4 Å². The summed E-state index contributed by atoms with van der Waals surface area (Å²) in [5, 5.41) is 13.0. The Balaban J connectivity index is 2.12. The molecule has 0 aromatic heterocycles. The molecule has 0 amide bonds. The fourth-order valence-corrected chi connectivity index (χ4v) is 4.03. The van der Waals surface area contributed by atoms with Crippen LogP contribution in [-0.2, 0) is 10.0 Å². The van der Waals surface area contributed by atoms with Gasteiger partial charge in [0.25, 0.3) is 0 Å². The van der Waals surface area contributed by atoms with E-state index in [0.717, 1.165) is 31.4 Å². The third-order valence-corrected chi connectivity index (χ3v) is 5.50. The summed E-state index contributed by atoms with van der Waals surface area (Å²) in [4.78, 5) is 0.256. The molecule has 0 saturated heterocycles. The minimum atomic E-state index is -3.45. The van der Waals surface area contributed by atoms with Gasteiger partial charge in [0.15, 0.2) is 0 Å². The predicted molar refractivity (Wildman–Crippen MR) is 83.8 cm³/mol. The summed E-state index contributed by atoms with van der Waals surface area (Å²) in [6, 6.07) is 6.55. The van der Waals surface area contributed by atoms with Gasteiger partial charge in [-0.3, -0.25) is 0 Å². The lowest BCUT2D eigenvalue weighted by atomic mass is 9.98. The second kappa shape index (κ2) is 6.34. The lowest BCUT2D eigenvalue weighted by Crippen LogP contribution is -2.39. The van der Waals surface area contributed by atoms with E-state index in [9.17, 15) is 13.5 Å². The average Bonchev–Trinajstić information content (AvgIpc) is 2.87. The Morgan fingerprint density at radius 1 is 1.19 bits per heavy atom. The fraction of sp³-hybridized carbons (Fsp3) is 0.600. The third-order valence-electron chi connectivity index (χ3n) is 3.83. The Labute approximate surface area is 126 Å². The number of hydrogen-bond donors (Lipinski definition) is 3. The highest BCUT2D eigenvalue weighted by atomic mass is 32.2. The van der Waals surface area contributed by atoms with Crippen molar-refractivity contribution in [3.63, 3.8) is 0 Å². The van der Waals surface area contributed by atoms with Gasteiger partial charge in [-0.2, -0.15) is 0 Å². The molecule has 0 heterocycles. The number of nitrogens with one attached hydrogen (secondary N) is 2. The van der Waals surface area contributed by atoms with Gasteiger partial charge in [0.05, 0.1) is 17.0 Å². The highest BCUT2D eigenvalue weighted by Crippen LogP contribution is 2.32. The number of benzene rings is 1. The van der Waals surface area contributed by atoms with Gasteiger partial charge < -0.3 is 10.4 Å². The van der Waals surface area contributed by atoms with Crippen molar-refractivity contribution in [1.29, 1.82) is 0 Å². The minimum absolute atomic E-state index is 0.0992. The van der Waals surface area contributed by atoms with Gasteiger partial charge in [0.2, 0.25) is 10.0 Å². The molecule has 1 aromatic rings. The normalized spacial score (nSPS) is 18.1. The van der Waals surface area contributed by atoms with E-state index in [-0.39, 0.29) is 23.1 Å². The molecule has 21 heavy (non-hydrogen) atoms. The molecule has 118 valence electrons. The molecule has 0 spiro atoms. The zero-order valence-electron chi connectivity index (χ0n) is 12.6. The number of aliphatic hydroxyl groups excluding tert-OH is 1. The smallest absolute Gasteiger partial charge is 0.240 e. The number of aliphatic hydroxyl groups is 1. The van der Waals surface area contributed by atoms with E-state index in [2.05, 4.69) is 10.0 Å². The number of sulfonamides is 1. The number of rotatable bonds is 6. The zero-order valence-corrected chi connectivity index (χ0v) is 13.4. The maximum atomic E-state index is 12.0. The molecule has 5 nitrogen and oxygen atoms in total. The zero-order chi connectivity index (χ0) is 15.5. The lowest BCUT2D eigenvalue weighted by Gasteiger charge is -2.29. The van der Waals surface area contributed by atoms with Crippen molar-refractivity contribution in [3.8, 4) is 0 Å². The standard InChI is InChI=1S/C15H24N2O3S/c1-12(2)17-21(19,20)14-7-5-13(6-8-14)16-15(11-18)9-3-4-10-15/h5-8,12,16-18H,3-4,9-11H2,1-2H3. The largest absolute Gasteiger partial charge is 0.394 e. The average molecular weight is 312 g/mol. The van der Waals surface area contributed by atoms with Crippen LogP contribution in [0.2, 0.25) is 0 Å². The molecular weight excluding hydrogens is 288 g/mol. The van der Waals surface area contributed by atoms with E-state index >= 15 is 0 Å². The highest BCUT2D eigenvalue weighted by Gasteiger charge is 2.32. The van der Waals surface area contributed by atoms with Crippen molar-refractivity contribution >= 4 is 15.7 Å². The van der Waals surface area contributed by atoms with Crippen molar-refractivity contribution in [2.75, 3.05) is 11.9 Å². The van der Waals surface area contributed by atoms with Gasteiger partial charge in [0, 0.05) is 11.7 Å². The summed E-state index contributed by atoms with van der Waals surface area (Å²) in [5.41, 5.74) is 0.589. The molecule has 1 saturated carbocycles. The van der Waals surface area contributed by atoms with Crippen molar-refractivity contribution in [2.24, 2.45) is 0 Å². The van der Waals surface area contributed by atoms with Gasteiger partial charge in [-0.25, -0.2) is 13.1 Å². The van der Waals surface area contributed by atoms with E-state index < -0.39 is 10.0 Å². The predicted octanol–water partition coefficient (Wildman–Crippen LogP) is 2.09. The van der Waals surface area contributed by atoms with Crippen LogP contribution in [-0.4, -0.2) is 31.7 Å². The van der Waals surface area contributed by atoms with E-state index in [4.69, 9.17) is 0 Å². The van der Waals surface area contributed by atoms with Crippen LogP contribution in [0.5, 0.6) is 0 Å². The van der Waals surface area contributed by atoms with Crippen LogP contribution in [0, 0.1) is 0 Å². The molecule has 0 bridgehead atoms. The van der Waals surface area contributed by atoms with Crippen LogP contribution in [0.3, 0.4) is 0 Å². The summed E-state index contributed by atoms with van der Waals surface area (Å²) in [5.74, 6) is 0. The molecule has 0 atom stereocenters. The first-order valence-electron chi connectivity index (χ1n) is 7.38. The fourth-order valence-electron chi connectivity index (χ4n) is 2.78. The molecular formula is C15H24N2O3S. The molecule has 1 aliphatic rings. The second-order valence-electron chi connectivity index (χ2n) is 6.07. The maximum Gasteiger partial charge on any atom is 0.240 e. The molecule has 2 rings (SSSR count). The molecule has 3 N–H and O–H groups in total. The van der Waals surface area contributed by atoms with Gasteiger partial charge in [-0.1, -0.05) is 12.8 Å². The molecule has 0 unspecified atom stereocenters.